The summed E-state index contributed by atoms with van der Waals surface area (Å²) in [5.41, 5.74) is 0.718. The molecule has 1 aliphatic carbocycles. The number of hydrogen-bond acceptors (Lipinski definition) is 5. The first-order chi connectivity index (χ1) is 10.6. The zero-order chi connectivity index (χ0) is 15.7. The Morgan fingerprint density at radius 3 is 2.82 bits per heavy atom. The minimum absolute atomic E-state index is 0.0384. The molecule has 2 heterocycles. The van der Waals surface area contributed by atoms with Crippen molar-refractivity contribution >= 4 is 11.9 Å². The molecule has 0 saturated heterocycles. The van der Waals surface area contributed by atoms with Crippen LogP contribution in [0.4, 0.5) is 0 Å². The van der Waals surface area contributed by atoms with E-state index in [1.807, 2.05) is 0 Å². The van der Waals surface area contributed by atoms with Gasteiger partial charge in [-0.15, -0.1) is 0 Å². The van der Waals surface area contributed by atoms with Crippen LogP contribution in [0.2, 0.25) is 0 Å². The summed E-state index contributed by atoms with van der Waals surface area (Å²) >= 11 is 0. The number of pyridine rings is 1. The number of carboxylic acids is 1. The van der Waals surface area contributed by atoms with E-state index in [0.29, 0.717) is 5.56 Å². The van der Waals surface area contributed by atoms with E-state index in [1.165, 1.54) is 6.20 Å². The zero-order valence-electron chi connectivity index (χ0n) is 11.9. The molecule has 3 rings (SSSR count). The van der Waals surface area contributed by atoms with Crippen molar-refractivity contribution in [2.75, 3.05) is 0 Å². The molecule has 2 aromatic rings. The molecule has 7 nitrogen and oxygen atoms in total. The molecule has 2 aromatic heterocycles. The number of aromatic nitrogens is 2. The molecule has 1 atom stereocenters. The summed E-state index contributed by atoms with van der Waals surface area (Å²) < 4.78 is 5.20. The van der Waals surface area contributed by atoms with E-state index in [4.69, 9.17) is 4.52 Å². The number of carboxylic acid groups (broad SMARTS) is 1. The first-order valence-electron chi connectivity index (χ1n) is 7.01. The van der Waals surface area contributed by atoms with Crippen LogP contribution in [0, 0.1) is 5.92 Å². The van der Waals surface area contributed by atoms with E-state index >= 15 is 0 Å². The number of carbonyl (C=O) groups is 2. The summed E-state index contributed by atoms with van der Waals surface area (Å²) in [4.78, 5) is 27.3. The van der Waals surface area contributed by atoms with E-state index in [2.05, 4.69) is 15.5 Å². The highest BCUT2D eigenvalue weighted by Gasteiger charge is 2.33. The first-order valence-corrected chi connectivity index (χ1v) is 7.01. The number of amides is 1. The van der Waals surface area contributed by atoms with Crippen LogP contribution in [0.15, 0.2) is 29.0 Å². The molecule has 0 aliphatic heterocycles. The van der Waals surface area contributed by atoms with Gasteiger partial charge in [0.1, 0.15) is 11.3 Å². The van der Waals surface area contributed by atoms with Crippen LogP contribution < -0.4 is 5.32 Å². The topological polar surface area (TPSA) is 105 Å². The lowest BCUT2D eigenvalue weighted by atomic mass is 10.0. The van der Waals surface area contributed by atoms with Crippen LogP contribution >= 0.6 is 0 Å². The number of aromatic carboxylic acids is 1. The predicted octanol–water partition coefficient (Wildman–Crippen LogP) is 2.02. The molecule has 1 amide bonds. The fourth-order valence-electron chi connectivity index (χ4n) is 2.25. The second-order valence-corrected chi connectivity index (χ2v) is 5.32. The molecule has 7 heteroatoms. The van der Waals surface area contributed by atoms with Gasteiger partial charge in [0.2, 0.25) is 5.91 Å². The molecule has 1 saturated carbocycles. The average Bonchev–Trinajstić information content (AvgIpc) is 3.26. The van der Waals surface area contributed by atoms with Crippen molar-refractivity contribution in [1.29, 1.82) is 0 Å². The van der Waals surface area contributed by atoms with Crippen molar-refractivity contribution in [3.05, 3.63) is 35.9 Å². The normalized spacial score (nSPS) is 15.3. The minimum atomic E-state index is -1.15. The van der Waals surface area contributed by atoms with Crippen LogP contribution in [0.5, 0.6) is 0 Å². The summed E-state index contributed by atoms with van der Waals surface area (Å²) in [7, 11) is 0. The summed E-state index contributed by atoms with van der Waals surface area (Å²) in [5.74, 6) is -1.05. The molecule has 22 heavy (non-hydrogen) atoms. The Labute approximate surface area is 126 Å². The second-order valence-electron chi connectivity index (χ2n) is 5.32. The number of hydrogen-bond donors (Lipinski definition) is 2. The van der Waals surface area contributed by atoms with Gasteiger partial charge >= 0.3 is 5.97 Å². The Balaban J connectivity index is 1.93. The Morgan fingerprint density at radius 2 is 2.23 bits per heavy atom. The number of nitrogens with one attached hydrogen (secondary N) is 1. The molecule has 1 unspecified atom stereocenters. The summed E-state index contributed by atoms with van der Waals surface area (Å²) in [6.07, 6.45) is 4.86. The lowest BCUT2D eigenvalue weighted by Gasteiger charge is -2.11. The Kier molecular flexibility index (Phi) is 3.62. The molecule has 1 aliphatic rings. The van der Waals surface area contributed by atoms with Crippen LogP contribution in [0.1, 0.15) is 41.9 Å². The molecular formula is C15H15N3O4. The highest BCUT2D eigenvalue weighted by Crippen LogP contribution is 2.32. The molecule has 2 N–H and O–H groups in total. The van der Waals surface area contributed by atoms with Crippen LogP contribution in [0.3, 0.4) is 0 Å². The third-order valence-corrected chi connectivity index (χ3v) is 3.57. The van der Waals surface area contributed by atoms with Crippen molar-refractivity contribution < 1.29 is 19.2 Å². The van der Waals surface area contributed by atoms with Crippen LogP contribution in [0.25, 0.3) is 11.3 Å². The van der Waals surface area contributed by atoms with E-state index in [-0.39, 0.29) is 28.8 Å². The fraction of sp³-hybridized carbons (Fsp3) is 0.333. The van der Waals surface area contributed by atoms with Gasteiger partial charge in [-0.05, 0) is 31.9 Å². The monoisotopic (exact) mass is 301 g/mol. The molecule has 0 radical (unpaired) electrons. The summed E-state index contributed by atoms with van der Waals surface area (Å²) in [5, 5.41) is 16.1. The molecule has 0 aromatic carbocycles. The number of carbonyl (C=O) groups excluding carboxylic acids is 1. The van der Waals surface area contributed by atoms with Gasteiger partial charge in [0.25, 0.3) is 0 Å². The van der Waals surface area contributed by atoms with Gasteiger partial charge in [0, 0.05) is 23.9 Å². The first kappa shape index (κ1) is 14.2. The van der Waals surface area contributed by atoms with Gasteiger partial charge in [-0.3, -0.25) is 9.78 Å². The zero-order valence-corrected chi connectivity index (χ0v) is 11.9. The van der Waals surface area contributed by atoms with Gasteiger partial charge in [-0.1, -0.05) is 5.16 Å². The maximum absolute atomic E-state index is 11.8. The highest BCUT2D eigenvalue weighted by molar-refractivity contribution is 5.96. The third-order valence-electron chi connectivity index (χ3n) is 3.57. The Bertz CT molecular complexity index is 707. The molecule has 0 spiro atoms. The Hall–Kier alpha value is -2.70. The van der Waals surface area contributed by atoms with Crippen molar-refractivity contribution in [1.82, 2.24) is 15.5 Å². The van der Waals surface area contributed by atoms with Gasteiger partial charge in [-0.25, -0.2) is 4.79 Å². The van der Waals surface area contributed by atoms with Crippen LogP contribution in [-0.4, -0.2) is 27.1 Å². The smallest absolute Gasteiger partial charge is 0.341 e. The fourth-order valence-corrected chi connectivity index (χ4v) is 2.25. The van der Waals surface area contributed by atoms with E-state index in [0.717, 1.165) is 12.8 Å². The molecule has 0 bridgehead atoms. The lowest BCUT2D eigenvalue weighted by Crippen LogP contribution is -2.28. The van der Waals surface area contributed by atoms with Crippen LogP contribution in [-0.2, 0) is 4.79 Å². The predicted molar refractivity (Wildman–Crippen MR) is 76.0 cm³/mol. The number of rotatable bonds is 5. The van der Waals surface area contributed by atoms with Crippen molar-refractivity contribution in [2.24, 2.45) is 5.92 Å². The number of nitrogens with zero attached hydrogens (tertiary/aromatic N) is 2. The molecular weight excluding hydrogens is 286 g/mol. The second kappa shape index (κ2) is 5.59. The maximum Gasteiger partial charge on any atom is 0.341 e. The van der Waals surface area contributed by atoms with Gasteiger partial charge in [0.05, 0.1) is 6.04 Å². The van der Waals surface area contributed by atoms with Gasteiger partial charge < -0.3 is 14.9 Å². The summed E-state index contributed by atoms with van der Waals surface area (Å²) in [6.45, 7) is 1.68. The lowest BCUT2D eigenvalue weighted by molar-refractivity contribution is -0.123. The summed E-state index contributed by atoms with van der Waals surface area (Å²) in [6, 6.07) is 2.83. The molecule has 114 valence electrons. The average molecular weight is 301 g/mol. The van der Waals surface area contributed by atoms with E-state index in [1.54, 1.807) is 25.3 Å². The standard InChI is InChI=1S/C15H15N3O4/c1-8(17-14(19)9-4-5-9)13-11(15(20)21)12(18-22-13)10-3-2-6-16-7-10/h2-3,6-9H,4-5H2,1H3,(H,17,19)(H,20,21). The van der Waals surface area contributed by atoms with Gasteiger partial charge in [0.15, 0.2) is 5.76 Å². The third kappa shape index (κ3) is 2.69. The van der Waals surface area contributed by atoms with E-state index in [9.17, 15) is 14.7 Å². The molecule has 1 fully saturated rings. The largest absolute Gasteiger partial charge is 0.477 e. The SMILES string of the molecule is CC(NC(=O)C1CC1)c1onc(-c2cccnc2)c1C(=O)O. The van der Waals surface area contributed by atoms with Gasteiger partial charge in [-0.2, -0.15) is 0 Å². The van der Waals surface area contributed by atoms with Crippen molar-refractivity contribution in [3.63, 3.8) is 0 Å². The van der Waals surface area contributed by atoms with E-state index < -0.39 is 12.0 Å². The van der Waals surface area contributed by atoms with Crippen molar-refractivity contribution in [2.45, 2.75) is 25.8 Å². The Morgan fingerprint density at radius 1 is 1.45 bits per heavy atom. The van der Waals surface area contributed by atoms with Crippen molar-refractivity contribution in [3.8, 4) is 11.3 Å². The maximum atomic E-state index is 11.8. The highest BCUT2D eigenvalue weighted by atomic mass is 16.5. The quantitative estimate of drug-likeness (QED) is 0.875. The minimum Gasteiger partial charge on any atom is -0.477 e.